The van der Waals surface area contributed by atoms with Crippen LogP contribution in [0.25, 0.3) is 11.1 Å². The van der Waals surface area contributed by atoms with Crippen LogP contribution in [0.2, 0.25) is 0 Å². The molecule has 0 spiro atoms. The number of hydrogen-bond acceptors (Lipinski definition) is 3. The largest absolute Gasteiger partial charge is 0.496 e. The summed E-state index contributed by atoms with van der Waals surface area (Å²) in [5, 5.41) is 0. The molecule has 0 heterocycles. The molecular weight excluding hydrogens is 252 g/mol. The molecule has 0 aliphatic rings. The van der Waals surface area contributed by atoms with Crippen molar-refractivity contribution in [3.8, 4) is 16.9 Å². The van der Waals surface area contributed by atoms with Gasteiger partial charge >= 0.3 is 0 Å². The van der Waals surface area contributed by atoms with E-state index in [1.54, 1.807) is 24.3 Å². The minimum absolute atomic E-state index is 0.272. The van der Waals surface area contributed by atoms with Crippen molar-refractivity contribution in [1.29, 1.82) is 0 Å². The van der Waals surface area contributed by atoms with E-state index in [2.05, 4.69) is 12.1 Å². The summed E-state index contributed by atoms with van der Waals surface area (Å²) in [4.78, 5) is -0.272. The fourth-order valence-corrected chi connectivity index (χ4v) is 2.07. The zero-order valence-corrected chi connectivity index (χ0v) is 10.4. The molecule has 0 amide bonds. The fourth-order valence-electron chi connectivity index (χ4n) is 1.58. The Hall–Kier alpha value is -1.85. The van der Waals surface area contributed by atoms with E-state index in [0.717, 1.165) is 0 Å². The Bertz CT molecular complexity index is 662. The summed E-state index contributed by atoms with van der Waals surface area (Å²) >= 11 is 0. The van der Waals surface area contributed by atoms with Gasteiger partial charge in [-0.05, 0) is 29.8 Å². The Labute approximate surface area is 106 Å². The minimum atomic E-state index is -4.26. The average Bonchev–Trinajstić information content (AvgIpc) is 2.38. The second-order valence-corrected chi connectivity index (χ2v) is 4.93. The maximum atomic E-state index is 11.1. The first-order chi connectivity index (χ1) is 8.52. The standard InChI is InChI=1S/C13H10O4S/c1-17-13-8-3-2-7-12(13)10-5-4-6-11(9-10)18(14,15)16/h3-5,7-9H,1H3,(H,14,15,16). The lowest BCUT2D eigenvalue weighted by Crippen LogP contribution is -1.98. The third-order valence-electron chi connectivity index (χ3n) is 2.41. The number of benzene rings is 2. The van der Waals surface area contributed by atoms with Crippen LogP contribution in [0.1, 0.15) is 0 Å². The molecule has 0 aliphatic heterocycles. The normalized spacial score (nSPS) is 11.2. The van der Waals surface area contributed by atoms with Crippen molar-refractivity contribution in [1.82, 2.24) is 0 Å². The van der Waals surface area contributed by atoms with Gasteiger partial charge in [-0.2, -0.15) is 8.42 Å². The molecule has 1 N–H and O–H groups in total. The Kier molecular flexibility index (Phi) is 3.36. The summed E-state index contributed by atoms with van der Waals surface area (Å²) < 4.78 is 36.3. The summed E-state index contributed by atoms with van der Waals surface area (Å²) in [5.74, 6) is 0.598. The van der Waals surface area contributed by atoms with Crippen molar-refractivity contribution >= 4 is 10.1 Å². The quantitative estimate of drug-likeness (QED) is 0.861. The second kappa shape index (κ2) is 4.80. The predicted octanol–water partition coefficient (Wildman–Crippen LogP) is 2.21. The highest BCUT2D eigenvalue weighted by Crippen LogP contribution is 2.30. The van der Waals surface area contributed by atoms with Crippen molar-refractivity contribution in [3.05, 3.63) is 48.5 Å². The van der Waals surface area contributed by atoms with Gasteiger partial charge in [0.2, 0.25) is 0 Å². The molecule has 0 saturated heterocycles. The molecule has 92 valence electrons. The number of rotatable bonds is 3. The van der Waals surface area contributed by atoms with E-state index in [1.807, 2.05) is 0 Å². The third kappa shape index (κ3) is 2.52. The molecule has 0 saturated carbocycles. The molecule has 0 bridgehead atoms. The lowest BCUT2D eigenvalue weighted by Gasteiger charge is -2.08. The molecule has 2 aromatic rings. The van der Waals surface area contributed by atoms with Crippen molar-refractivity contribution in [2.24, 2.45) is 0 Å². The van der Waals surface area contributed by atoms with Gasteiger partial charge < -0.3 is 4.74 Å². The molecule has 4 nitrogen and oxygen atoms in total. The van der Waals surface area contributed by atoms with Crippen LogP contribution in [0.15, 0.2) is 41.3 Å². The van der Waals surface area contributed by atoms with Crippen LogP contribution in [0, 0.1) is 12.1 Å². The SMILES string of the molecule is COc1cc[c]cc1-c1cc[c]c(S(=O)(=O)O)c1. The lowest BCUT2D eigenvalue weighted by molar-refractivity contribution is 0.416. The number of methoxy groups -OCH3 is 1. The highest BCUT2D eigenvalue weighted by molar-refractivity contribution is 7.85. The average molecular weight is 262 g/mol. The number of hydrogen-bond donors (Lipinski definition) is 1. The van der Waals surface area contributed by atoms with Crippen molar-refractivity contribution in [2.45, 2.75) is 4.90 Å². The van der Waals surface area contributed by atoms with Crippen LogP contribution in [0.3, 0.4) is 0 Å². The van der Waals surface area contributed by atoms with Crippen molar-refractivity contribution in [2.75, 3.05) is 7.11 Å². The first-order valence-electron chi connectivity index (χ1n) is 5.06. The summed E-state index contributed by atoms with van der Waals surface area (Å²) in [6.45, 7) is 0. The zero-order chi connectivity index (χ0) is 13.2. The molecule has 18 heavy (non-hydrogen) atoms. The molecule has 0 atom stereocenters. The van der Waals surface area contributed by atoms with Crippen LogP contribution < -0.4 is 4.74 Å². The smallest absolute Gasteiger partial charge is 0.295 e. The van der Waals surface area contributed by atoms with E-state index >= 15 is 0 Å². The van der Waals surface area contributed by atoms with Crippen LogP contribution in [0.5, 0.6) is 5.75 Å². The Balaban J connectivity index is 2.58. The fraction of sp³-hybridized carbons (Fsp3) is 0.0769. The van der Waals surface area contributed by atoms with Crippen LogP contribution in [-0.4, -0.2) is 20.1 Å². The minimum Gasteiger partial charge on any atom is -0.496 e. The lowest BCUT2D eigenvalue weighted by atomic mass is 10.1. The van der Waals surface area contributed by atoms with Gasteiger partial charge in [0, 0.05) is 11.6 Å². The Morgan fingerprint density at radius 1 is 1.28 bits per heavy atom. The third-order valence-corrected chi connectivity index (χ3v) is 3.20. The van der Waals surface area contributed by atoms with Crippen molar-refractivity contribution < 1.29 is 17.7 Å². The molecular formula is C13H10O4S. The van der Waals surface area contributed by atoms with Crippen LogP contribution in [-0.2, 0) is 10.1 Å². The van der Waals surface area contributed by atoms with Gasteiger partial charge in [0.1, 0.15) is 10.6 Å². The summed E-state index contributed by atoms with van der Waals surface area (Å²) in [6, 6.07) is 14.9. The zero-order valence-electron chi connectivity index (χ0n) is 9.54. The van der Waals surface area contributed by atoms with Gasteiger partial charge in [-0.3, -0.25) is 4.55 Å². The first-order valence-corrected chi connectivity index (χ1v) is 6.50. The van der Waals surface area contributed by atoms with Crippen LogP contribution >= 0.6 is 0 Å². The molecule has 2 rings (SSSR count). The topological polar surface area (TPSA) is 63.6 Å². The van der Waals surface area contributed by atoms with Gasteiger partial charge in [-0.15, -0.1) is 0 Å². The molecule has 0 aromatic heterocycles. The summed E-state index contributed by atoms with van der Waals surface area (Å²) in [7, 11) is -2.73. The maximum Gasteiger partial charge on any atom is 0.295 e. The first kappa shape index (κ1) is 12.6. The molecule has 5 heteroatoms. The van der Waals surface area contributed by atoms with E-state index in [9.17, 15) is 8.42 Å². The Morgan fingerprint density at radius 3 is 2.72 bits per heavy atom. The predicted molar refractivity (Wildman–Crippen MR) is 65.9 cm³/mol. The monoisotopic (exact) mass is 262 g/mol. The van der Waals surface area contributed by atoms with E-state index in [0.29, 0.717) is 16.9 Å². The molecule has 2 radical (unpaired) electrons. The van der Waals surface area contributed by atoms with Gasteiger partial charge in [0.15, 0.2) is 0 Å². The van der Waals surface area contributed by atoms with Gasteiger partial charge in [0.25, 0.3) is 10.1 Å². The molecule has 0 unspecified atom stereocenters. The molecule has 0 fully saturated rings. The summed E-state index contributed by atoms with van der Waals surface area (Å²) in [6.07, 6.45) is 0. The van der Waals surface area contributed by atoms with E-state index in [4.69, 9.17) is 9.29 Å². The van der Waals surface area contributed by atoms with Gasteiger partial charge in [-0.1, -0.05) is 18.2 Å². The highest BCUT2D eigenvalue weighted by atomic mass is 32.2. The van der Waals surface area contributed by atoms with Gasteiger partial charge in [-0.25, -0.2) is 0 Å². The van der Waals surface area contributed by atoms with Gasteiger partial charge in [0.05, 0.1) is 7.11 Å². The maximum absolute atomic E-state index is 11.1. The summed E-state index contributed by atoms with van der Waals surface area (Å²) in [5.41, 5.74) is 1.30. The van der Waals surface area contributed by atoms with Crippen LogP contribution in [0.4, 0.5) is 0 Å². The molecule has 2 aromatic carbocycles. The number of ether oxygens (including phenoxy) is 1. The highest BCUT2D eigenvalue weighted by Gasteiger charge is 2.12. The molecule has 0 aliphatic carbocycles. The van der Waals surface area contributed by atoms with Crippen molar-refractivity contribution in [3.63, 3.8) is 0 Å². The Morgan fingerprint density at radius 2 is 2.06 bits per heavy atom. The van der Waals surface area contributed by atoms with E-state index < -0.39 is 10.1 Å². The van der Waals surface area contributed by atoms with E-state index in [1.165, 1.54) is 19.2 Å². The second-order valence-electron chi connectivity index (χ2n) is 3.54. The van der Waals surface area contributed by atoms with E-state index in [-0.39, 0.29) is 4.90 Å².